The van der Waals surface area contributed by atoms with E-state index in [0.717, 1.165) is 59.9 Å². The zero-order valence-corrected chi connectivity index (χ0v) is 23.2. The Labute approximate surface area is 236 Å². The highest BCUT2D eigenvalue weighted by Crippen LogP contribution is 2.35. The van der Waals surface area contributed by atoms with E-state index in [0.29, 0.717) is 12.5 Å². The van der Waals surface area contributed by atoms with E-state index >= 15 is 0 Å². The topological polar surface area (TPSA) is 71.5 Å². The zero-order chi connectivity index (χ0) is 23.3. The van der Waals surface area contributed by atoms with E-state index in [2.05, 4.69) is 50.8 Å². The quantitative estimate of drug-likeness (QED) is 0.303. The number of anilines is 2. The second kappa shape index (κ2) is 14.1. The lowest BCUT2D eigenvalue weighted by molar-refractivity contribution is 0.414. The van der Waals surface area contributed by atoms with Gasteiger partial charge in [-0.3, -0.25) is 0 Å². The lowest BCUT2D eigenvalue weighted by atomic mass is 10.0. The number of nitrogens with one attached hydrogen (secondary N) is 2. The standard InChI is InChI=1S/C27H29N5O2.3ClH/c1-33-22-5-3-4-19(14-22)18-30-27-29-9-8-25(31-27)21-15-20-6-7-23(34-2)17-24(20)26(16-21)32-12-10-28-11-13-32;;;/h3-9,14-17,28H,10-13,18H2,1-2H3,(H,29,30,31);3*1H. The Hall–Kier alpha value is -2.97. The van der Waals surface area contributed by atoms with Gasteiger partial charge >= 0.3 is 0 Å². The van der Waals surface area contributed by atoms with Gasteiger partial charge in [0.1, 0.15) is 11.5 Å². The van der Waals surface area contributed by atoms with Gasteiger partial charge in [0.2, 0.25) is 5.95 Å². The van der Waals surface area contributed by atoms with Gasteiger partial charge in [0.05, 0.1) is 19.9 Å². The van der Waals surface area contributed by atoms with Crippen molar-refractivity contribution >= 4 is 59.6 Å². The number of hydrogen-bond acceptors (Lipinski definition) is 7. The highest BCUT2D eigenvalue weighted by atomic mass is 35.5. The lowest BCUT2D eigenvalue weighted by Gasteiger charge is -2.31. The molecule has 0 saturated carbocycles. The van der Waals surface area contributed by atoms with Gasteiger partial charge in [-0.05, 0) is 53.4 Å². The summed E-state index contributed by atoms with van der Waals surface area (Å²) in [5, 5.41) is 9.13. The number of ether oxygens (including phenoxy) is 2. The van der Waals surface area contributed by atoms with Crippen LogP contribution < -0.4 is 25.0 Å². The van der Waals surface area contributed by atoms with Crippen LogP contribution in [0, 0.1) is 0 Å². The minimum atomic E-state index is 0. The summed E-state index contributed by atoms with van der Waals surface area (Å²) in [5.74, 6) is 2.30. The summed E-state index contributed by atoms with van der Waals surface area (Å²) in [6.45, 7) is 4.49. The fourth-order valence-electron chi connectivity index (χ4n) is 4.33. The first kappa shape index (κ1) is 30.3. The summed E-state index contributed by atoms with van der Waals surface area (Å²) >= 11 is 0. The molecule has 0 unspecified atom stereocenters. The Morgan fingerprint density at radius 3 is 2.41 bits per heavy atom. The molecule has 5 rings (SSSR count). The second-order valence-electron chi connectivity index (χ2n) is 8.29. The molecule has 0 aliphatic carbocycles. The van der Waals surface area contributed by atoms with Gasteiger partial charge in [-0.25, -0.2) is 9.97 Å². The number of hydrogen-bond donors (Lipinski definition) is 2. The molecular formula is C27H32Cl3N5O2. The fourth-order valence-corrected chi connectivity index (χ4v) is 4.33. The zero-order valence-electron chi connectivity index (χ0n) is 20.8. The molecule has 3 aromatic carbocycles. The third-order valence-corrected chi connectivity index (χ3v) is 6.13. The Morgan fingerprint density at radius 2 is 1.65 bits per heavy atom. The third kappa shape index (κ3) is 7.08. The van der Waals surface area contributed by atoms with Crippen molar-refractivity contribution in [2.24, 2.45) is 0 Å². The van der Waals surface area contributed by atoms with Crippen LogP contribution in [-0.2, 0) is 6.54 Å². The first-order valence-corrected chi connectivity index (χ1v) is 11.5. The number of methoxy groups -OCH3 is 2. The molecule has 1 aromatic heterocycles. The summed E-state index contributed by atoms with van der Waals surface area (Å²) < 4.78 is 10.8. The lowest BCUT2D eigenvalue weighted by Crippen LogP contribution is -2.43. The van der Waals surface area contributed by atoms with E-state index in [4.69, 9.17) is 14.5 Å². The predicted octanol–water partition coefficient (Wildman–Crippen LogP) is 5.60. The highest BCUT2D eigenvalue weighted by molar-refractivity contribution is 5.98. The molecule has 0 spiro atoms. The molecule has 4 aromatic rings. The van der Waals surface area contributed by atoms with Gasteiger partial charge in [-0.1, -0.05) is 18.2 Å². The number of benzene rings is 3. The predicted molar refractivity (Wildman–Crippen MR) is 159 cm³/mol. The minimum Gasteiger partial charge on any atom is -0.497 e. The van der Waals surface area contributed by atoms with Crippen LogP contribution in [0.25, 0.3) is 22.0 Å². The summed E-state index contributed by atoms with van der Waals surface area (Å²) in [4.78, 5) is 11.7. The summed E-state index contributed by atoms with van der Waals surface area (Å²) in [6.07, 6.45) is 1.80. The maximum Gasteiger partial charge on any atom is 0.223 e. The number of fused-ring (bicyclic) bond motifs is 1. The number of rotatable bonds is 7. The maximum atomic E-state index is 5.51. The van der Waals surface area contributed by atoms with Crippen molar-refractivity contribution in [3.05, 3.63) is 72.4 Å². The molecule has 1 fully saturated rings. The molecule has 7 nitrogen and oxygen atoms in total. The van der Waals surface area contributed by atoms with Crippen molar-refractivity contribution in [3.63, 3.8) is 0 Å². The van der Waals surface area contributed by atoms with E-state index < -0.39 is 0 Å². The molecule has 0 radical (unpaired) electrons. The van der Waals surface area contributed by atoms with Crippen LogP contribution in [0.3, 0.4) is 0 Å². The Kier molecular flexibility index (Phi) is 11.5. The summed E-state index contributed by atoms with van der Waals surface area (Å²) in [5.41, 5.74) is 4.27. The fraction of sp³-hybridized carbons (Fsp3) is 0.259. The van der Waals surface area contributed by atoms with Crippen molar-refractivity contribution in [2.45, 2.75) is 6.54 Å². The van der Waals surface area contributed by atoms with Crippen LogP contribution in [0.2, 0.25) is 0 Å². The molecular weight excluding hydrogens is 533 g/mol. The molecule has 37 heavy (non-hydrogen) atoms. The van der Waals surface area contributed by atoms with Crippen molar-refractivity contribution in [1.82, 2.24) is 15.3 Å². The van der Waals surface area contributed by atoms with Crippen LogP contribution >= 0.6 is 37.2 Å². The second-order valence-corrected chi connectivity index (χ2v) is 8.29. The molecule has 1 aliphatic heterocycles. The largest absolute Gasteiger partial charge is 0.497 e. The Balaban J connectivity index is 0.00000160. The van der Waals surface area contributed by atoms with Gasteiger partial charge in [0.15, 0.2) is 0 Å². The maximum absolute atomic E-state index is 5.51. The smallest absolute Gasteiger partial charge is 0.223 e. The van der Waals surface area contributed by atoms with Gasteiger partial charge in [0, 0.05) is 55.6 Å². The average Bonchev–Trinajstić information content (AvgIpc) is 2.91. The van der Waals surface area contributed by atoms with Crippen LogP contribution in [-0.4, -0.2) is 50.4 Å². The molecule has 0 bridgehead atoms. The third-order valence-electron chi connectivity index (χ3n) is 6.13. The van der Waals surface area contributed by atoms with Crippen molar-refractivity contribution in [3.8, 4) is 22.8 Å². The van der Waals surface area contributed by atoms with E-state index in [-0.39, 0.29) is 37.2 Å². The van der Waals surface area contributed by atoms with Crippen molar-refractivity contribution < 1.29 is 9.47 Å². The van der Waals surface area contributed by atoms with Crippen molar-refractivity contribution in [2.75, 3.05) is 50.6 Å². The molecule has 0 amide bonds. The normalized spacial score (nSPS) is 12.5. The number of aromatic nitrogens is 2. The van der Waals surface area contributed by atoms with E-state index in [1.54, 1.807) is 20.4 Å². The Bertz CT molecular complexity index is 1300. The minimum absolute atomic E-state index is 0. The van der Waals surface area contributed by atoms with E-state index in [9.17, 15) is 0 Å². The highest BCUT2D eigenvalue weighted by Gasteiger charge is 2.16. The number of halogens is 3. The Morgan fingerprint density at radius 1 is 0.892 bits per heavy atom. The monoisotopic (exact) mass is 563 g/mol. The molecule has 0 atom stereocenters. The number of piperazine rings is 1. The first-order chi connectivity index (χ1) is 16.7. The van der Waals surface area contributed by atoms with Crippen molar-refractivity contribution in [1.29, 1.82) is 0 Å². The number of nitrogens with zero attached hydrogens (tertiary/aromatic N) is 3. The summed E-state index contributed by atoms with van der Waals surface area (Å²) in [6, 6.07) is 20.6. The molecule has 2 N–H and O–H groups in total. The molecule has 2 heterocycles. The van der Waals surface area contributed by atoms with Crippen LogP contribution in [0.5, 0.6) is 11.5 Å². The van der Waals surface area contributed by atoms with Gasteiger partial charge in [-0.15, -0.1) is 37.2 Å². The van der Waals surface area contributed by atoms with Crippen LogP contribution in [0.4, 0.5) is 11.6 Å². The van der Waals surface area contributed by atoms with Crippen LogP contribution in [0.1, 0.15) is 5.56 Å². The van der Waals surface area contributed by atoms with Gasteiger partial charge in [-0.2, -0.15) is 0 Å². The molecule has 10 heteroatoms. The van der Waals surface area contributed by atoms with E-state index in [1.807, 2.05) is 30.3 Å². The summed E-state index contributed by atoms with van der Waals surface area (Å²) in [7, 11) is 3.38. The molecule has 198 valence electrons. The van der Waals surface area contributed by atoms with E-state index in [1.165, 1.54) is 11.1 Å². The van der Waals surface area contributed by atoms with Crippen LogP contribution in [0.15, 0.2) is 66.9 Å². The average molecular weight is 565 g/mol. The van der Waals surface area contributed by atoms with Gasteiger partial charge < -0.3 is 25.0 Å². The molecule has 1 saturated heterocycles. The SMILES string of the molecule is COc1cccc(CNc2nccc(-c3cc(N4CCNCC4)c4cc(OC)ccc4c3)n2)c1.Cl.Cl.Cl. The van der Waals surface area contributed by atoms with Gasteiger partial charge in [0.25, 0.3) is 0 Å². The first-order valence-electron chi connectivity index (χ1n) is 11.5. The molecule has 1 aliphatic rings.